The number of rotatable bonds is 3. The van der Waals surface area contributed by atoms with Gasteiger partial charge in [0, 0.05) is 38.9 Å². The second kappa shape index (κ2) is 7.51. The minimum absolute atomic E-state index is 0.127. The van der Waals surface area contributed by atoms with Gasteiger partial charge in [-0.2, -0.15) is 10.1 Å². The van der Waals surface area contributed by atoms with Gasteiger partial charge in [-0.05, 0) is 43.1 Å². The van der Waals surface area contributed by atoms with Crippen molar-refractivity contribution in [2.24, 2.45) is 18.4 Å². The molecule has 2 fully saturated rings. The molecule has 1 saturated carbocycles. The molecule has 0 radical (unpaired) electrons. The number of hydrogen-bond acceptors (Lipinski definition) is 6. The lowest BCUT2D eigenvalue weighted by atomic mass is 9.76. The van der Waals surface area contributed by atoms with Gasteiger partial charge in [0.1, 0.15) is 11.2 Å². The Hall–Kier alpha value is -2.61. The number of H-pyrrole nitrogens is 1. The van der Waals surface area contributed by atoms with Crippen molar-refractivity contribution in [3.8, 4) is 11.3 Å². The highest BCUT2D eigenvalue weighted by Crippen LogP contribution is 2.49. The van der Waals surface area contributed by atoms with Crippen LogP contribution in [0.2, 0.25) is 5.02 Å². The number of halogens is 1. The third-order valence-corrected chi connectivity index (χ3v) is 7.61. The predicted octanol–water partition coefficient (Wildman–Crippen LogP) is 3.82. The molecule has 4 heterocycles. The van der Waals surface area contributed by atoms with Gasteiger partial charge in [0.25, 0.3) is 5.56 Å². The maximum absolute atomic E-state index is 13.4. The number of nitrogens with one attached hydrogen (secondary N) is 2. The van der Waals surface area contributed by atoms with Crippen molar-refractivity contribution in [2.45, 2.75) is 39.0 Å². The molecule has 1 saturated heterocycles. The van der Waals surface area contributed by atoms with Gasteiger partial charge < -0.3 is 10.2 Å². The highest BCUT2D eigenvalue weighted by Gasteiger charge is 2.40. The monoisotopic (exact) mass is 441 g/mol. The van der Waals surface area contributed by atoms with Crippen LogP contribution in [0.25, 0.3) is 22.3 Å². The Bertz CT molecular complexity index is 1190. The van der Waals surface area contributed by atoms with Crippen LogP contribution in [0.5, 0.6) is 0 Å². The first kappa shape index (κ1) is 20.3. The van der Waals surface area contributed by atoms with E-state index in [0.29, 0.717) is 44.5 Å². The number of fused-ring (bicyclic) bond motifs is 1. The van der Waals surface area contributed by atoms with Gasteiger partial charge in [-0.1, -0.05) is 24.9 Å². The van der Waals surface area contributed by atoms with E-state index in [0.717, 1.165) is 31.8 Å². The molecule has 1 spiro atoms. The molecule has 0 bridgehead atoms. The van der Waals surface area contributed by atoms with Crippen molar-refractivity contribution in [3.05, 3.63) is 27.6 Å². The van der Waals surface area contributed by atoms with E-state index in [1.807, 2.05) is 0 Å². The first-order valence-corrected chi connectivity index (χ1v) is 11.3. The van der Waals surface area contributed by atoms with Crippen molar-refractivity contribution in [1.29, 1.82) is 0 Å². The third-order valence-electron chi connectivity index (χ3n) is 7.22. The van der Waals surface area contributed by atoms with E-state index in [2.05, 4.69) is 32.3 Å². The molecule has 0 unspecified atom stereocenters. The summed E-state index contributed by atoms with van der Waals surface area (Å²) in [4.78, 5) is 24.6. The van der Waals surface area contributed by atoms with Crippen LogP contribution in [0, 0.1) is 11.3 Å². The van der Waals surface area contributed by atoms with Crippen LogP contribution in [0.4, 0.5) is 11.8 Å². The van der Waals surface area contributed by atoms with Crippen molar-refractivity contribution in [3.63, 3.8) is 0 Å². The highest BCUT2D eigenvalue weighted by molar-refractivity contribution is 6.35. The Kier molecular flexibility index (Phi) is 4.92. The zero-order valence-electron chi connectivity index (χ0n) is 18.2. The van der Waals surface area contributed by atoms with E-state index in [-0.39, 0.29) is 5.56 Å². The summed E-state index contributed by atoms with van der Waals surface area (Å²) in [6, 6.07) is 1.77. The summed E-state index contributed by atoms with van der Waals surface area (Å²) < 4.78 is 1.64. The molecule has 2 N–H and O–H groups in total. The van der Waals surface area contributed by atoms with Crippen molar-refractivity contribution < 1.29 is 0 Å². The van der Waals surface area contributed by atoms with E-state index >= 15 is 0 Å². The summed E-state index contributed by atoms with van der Waals surface area (Å²) in [6.45, 7) is 4.22. The summed E-state index contributed by atoms with van der Waals surface area (Å²) in [5, 5.41) is 11.2. The number of piperidine rings is 1. The lowest BCUT2D eigenvalue weighted by Gasteiger charge is -2.40. The molecular formula is C22H28ClN7O. The average molecular weight is 442 g/mol. The predicted molar refractivity (Wildman–Crippen MR) is 124 cm³/mol. The Labute approximate surface area is 186 Å². The molecule has 1 aliphatic carbocycles. The normalized spacial score (nSPS) is 20.6. The number of anilines is 2. The number of aromatic nitrogens is 5. The minimum Gasteiger partial charge on any atom is -0.372 e. The molecule has 0 amide bonds. The Morgan fingerprint density at radius 3 is 2.74 bits per heavy atom. The Balaban J connectivity index is 1.51. The molecular weight excluding hydrogens is 414 g/mol. The molecule has 3 aromatic rings. The summed E-state index contributed by atoms with van der Waals surface area (Å²) >= 11 is 6.51. The van der Waals surface area contributed by atoms with E-state index in [1.165, 1.54) is 19.3 Å². The molecule has 2 aliphatic rings. The summed E-state index contributed by atoms with van der Waals surface area (Å²) in [5.41, 5.74) is 2.02. The average Bonchev–Trinajstić information content (AvgIpc) is 3.35. The summed E-state index contributed by atoms with van der Waals surface area (Å²) in [5.74, 6) is 2.07. The summed E-state index contributed by atoms with van der Waals surface area (Å²) in [7, 11) is 3.54. The minimum atomic E-state index is -0.127. The van der Waals surface area contributed by atoms with Gasteiger partial charge in [-0.15, -0.1) is 0 Å². The molecule has 1 aliphatic heterocycles. The van der Waals surface area contributed by atoms with Gasteiger partial charge in [-0.3, -0.25) is 14.5 Å². The van der Waals surface area contributed by atoms with Crippen LogP contribution in [-0.2, 0) is 7.05 Å². The lowest BCUT2D eigenvalue weighted by molar-refractivity contribution is 0.217. The number of hydrogen-bond donors (Lipinski definition) is 2. The zero-order chi connectivity index (χ0) is 21.8. The Morgan fingerprint density at radius 1 is 1.29 bits per heavy atom. The van der Waals surface area contributed by atoms with Crippen molar-refractivity contribution in [1.82, 2.24) is 24.7 Å². The van der Waals surface area contributed by atoms with Crippen LogP contribution in [0.15, 0.2) is 17.1 Å². The maximum atomic E-state index is 13.4. The number of nitrogens with zero attached hydrogens (tertiary/aromatic N) is 5. The van der Waals surface area contributed by atoms with Gasteiger partial charge in [0.15, 0.2) is 5.65 Å². The topological polar surface area (TPSA) is 91.7 Å². The fourth-order valence-corrected chi connectivity index (χ4v) is 5.76. The summed E-state index contributed by atoms with van der Waals surface area (Å²) in [6.07, 6.45) is 7.98. The SMILES string of the molecule is CNc1nccc(-c2[nH]nc3nc(N4CCC5(CC[C@H](C)C5)CC4)n(C)c(=O)c23)c1Cl. The molecule has 3 aromatic heterocycles. The van der Waals surface area contributed by atoms with Crippen LogP contribution in [0.3, 0.4) is 0 Å². The molecule has 0 aromatic carbocycles. The largest absolute Gasteiger partial charge is 0.372 e. The molecule has 5 rings (SSSR count). The molecule has 1 atom stereocenters. The van der Waals surface area contributed by atoms with E-state index in [1.54, 1.807) is 30.9 Å². The first-order chi connectivity index (χ1) is 14.9. The molecule has 8 nitrogen and oxygen atoms in total. The Morgan fingerprint density at radius 2 is 2.06 bits per heavy atom. The lowest BCUT2D eigenvalue weighted by Crippen LogP contribution is -2.42. The van der Waals surface area contributed by atoms with Gasteiger partial charge in [-0.25, -0.2) is 4.98 Å². The van der Waals surface area contributed by atoms with E-state index in [9.17, 15) is 4.79 Å². The van der Waals surface area contributed by atoms with Gasteiger partial charge in [0.2, 0.25) is 5.95 Å². The van der Waals surface area contributed by atoms with Crippen LogP contribution < -0.4 is 15.8 Å². The first-order valence-electron chi connectivity index (χ1n) is 10.9. The van der Waals surface area contributed by atoms with Crippen LogP contribution in [-0.4, -0.2) is 44.9 Å². The second-order valence-electron chi connectivity index (χ2n) is 9.18. The smallest absolute Gasteiger partial charge is 0.266 e. The van der Waals surface area contributed by atoms with Crippen LogP contribution in [0.1, 0.15) is 39.0 Å². The molecule has 31 heavy (non-hydrogen) atoms. The van der Waals surface area contributed by atoms with Gasteiger partial charge in [0.05, 0.1) is 10.7 Å². The molecule has 9 heteroatoms. The zero-order valence-corrected chi connectivity index (χ0v) is 19.0. The van der Waals surface area contributed by atoms with Crippen molar-refractivity contribution >= 4 is 34.4 Å². The van der Waals surface area contributed by atoms with Crippen LogP contribution >= 0.6 is 11.6 Å². The fourth-order valence-electron chi connectivity index (χ4n) is 5.46. The standard InChI is InChI=1S/C22H28ClN7O/c1-13-4-6-22(12-13)7-10-30(11-8-22)21-26-18-15(20(31)29(21)3)17(27-28-18)14-5-9-25-19(24-2)16(14)23/h5,9,13H,4,6-8,10-12H2,1-3H3,(H,24,25)(H,27,28)/t13-/m0/s1. The third kappa shape index (κ3) is 3.28. The van der Waals surface area contributed by atoms with Gasteiger partial charge >= 0.3 is 0 Å². The number of pyridine rings is 1. The maximum Gasteiger partial charge on any atom is 0.266 e. The molecule has 164 valence electrons. The van der Waals surface area contributed by atoms with E-state index < -0.39 is 0 Å². The second-order valence-corrected chi connectivity index (χ2v) is 9.56. The van der Waals surface area contributed by atoms with Crippen molar-refractivity contribution in [2.75, 3.05) is 30.4 Å². The number of aromatic amines is 1. The fraction of sp³-hybridized carbons (Fsp3) is 0.545. The quantitative estimate of drug-likeness (QED) is 0.642. The van der Waals surface area contributed by atoms with E-state index in [4.69, 9.17) is 16.6 Å². The highest BCUT2D eigenvalue weighted by atomic mass is 35.5.